The van der Waals surface area contributed by atoms with Crippen molar-refractivity contribution < 1.29 is 38.0 Å². The molecule has 0 saturated carbocycles. The lowest BCUT2D eigenvalue weighted by Gasteiger charge is -2.45. The molecule has 0 aromatic heterocycles. The average molecular weight is 322 g/mol. The number of carbonyl (C=O) groups excluding carboxylic acids is 1. The molecule has 0 bridgehead atoms. The third-order valence-corrected chi connectivity index (χ3v) is 3.61. The smallest absolute Gasteiger partial charge is 0.303 e. The van der Waals surface area contributed by atoms with E-state index in [9.17, 15) is 4.79 Å². The van der Waals surface area contributed by atoms with Gasteiger partial charge in [-0.25, -0.2) is 0 Å². The van der Waals surface area contributed by atoms with Crippen molar-refractivity contribution in [2.24, 2.45) is 0 Å². The second-order valence-electron chi connectivity index (χ2n) is 4.91. The first-order valence-corrected chi connectivity index (χ1v) is 6.96. The fraction of sp³-hybridized carbons (Fsp3) is 0.929. The van der Waals surface area contributed by atoms with Gasteiger partial charge in [0.15, 0.2) is 12.4 Å². The molecule has 0 N–H and O–H groups in total. The topological polar surface area (TPSA) is 81.7 Å². The summed E-state index contributed by atoms with van der Waals surface area (Å²) in [5.41, 5.74) is 0. The average Bonchev–Trinajstić information content (AvgIpc) is 2.51. The Labute approximate surface area is 130 Å². The van der Waals surface area contributed by atoms with Crippen LogP contribution in [0, 0.1) is 0 Å². The molecule has 0 amide bonds. The van der Waals surface area contributed by atoms with Gasteiger partial charge in [-0.1, -0.05) is 0 Å². The summed E-state index contributed by atoms with van der Waals surface area (Å²) in [7, 11) is 7.62. The Hall–Kier alpha value is -0.770. The molecule has 6 atom stereocenters. The molecule has 22 heavy (non-hydrogen) atoms. The lowest BCUT2D eigenvalue weighted by Crippen LogP contribution is -2.64. The van der Waals surface area contributed by atoms with Crippen LogP contribution >= 0.6 is 0 Å². The quantitative estimate of drug-likeness (QED) is 0.577. The molecule has 0 aliphatic carbocycles. The van der Waals surface area contributed by atoms with Crippen LogP contribution in [0.15, 0.2) is 0 Å². The van der Waals surface area contributed by atoms with Gasteiger partial charge in [-0.3, -0.25) is 4.79 Å². The highest BCUT2D eigenvalue weighted by molar-refractivity contribution is 5.66. The second kappa shape index (κ2) is 9.39. The fourth-order valence-corrected chi connectivity index (χ4v) is 2.63. The zero-order valence-electron chi connectivity index (χ0n) is 13.9. The summed E-state index contributed by atoms with van der Waals surface area (Å²) in [4.78, 5) is 11.5. The first-order valence-electron chi connectivity index (χ1n) is 6.96. The Bertz CT molecular complexity index is 337. The van der Waals surface area contributed by atoms with Crippen LogP contribution < -0.4 is 0 Å². The van der Waals surface area contributed by atoms with Gasteiger partial charge in [0.1, 0.15) is 24.4 Å². The molecule has 0 aromatic carbocycles. The highest BCUT2D eigenvalue weighted by Crippen LogP contribution is 2.30. The van der Waals surface area contributed by atoms with Gasteiger partial charge >= 0.3 is 5.97 Å². The number of carbonyl (C=O) groups is 1. The van der Waals surface area contributed by atoms with E-state index >= 15 is 0 Å². The van der Waals surface area contributed by atoms with Crippen LogP contribution in [0.5, 0.6) is 0 Å². The Morgan fingerprint density at radius 3 is 2.05 bits per heavy atom. The molecule has 0 radical (unpaired) electrons. The van der Waals surface area contributed by atoms with Gasteiger partial charge < -0.3 is 33.2 Å². The maximum Gasteiger partial charge on any atom is 0.303 e. The number of methoxy groups -OCH3 is 5. The van der Waals surface area contributed by atoms with E-state index in [1.807, 2.05) is 0 Å². The number of rotatable bonds is 8. The van der Waals surface area contributed by atoms with Gasteiger partial charge in [-0.05, 0) is 0 Å². The predicted molar refractivity (Wildman–Crippen MR) is 75.5 cm³/mol. The van der Waals surface area contributed by atoms with Crippen molar-refractivity contribution in [2.75, 3.05) is 42.2 Å². The minimum Gasteiger partial charge on any atom is -0.457 e. The first-order chi connectivity index (χ1) is 10.5. The minimum atomic E-state index is -0.709. The standard InChI is InChI=1S/C14H26O8/c1-8(15)21-12-10(9(17-3)7-16-2)22-14(20-6)13(19-5)11(12)18-4/h9-14H,7H2,1-6H3/t9-,10-,11+,12-,13-,14?/m1/s1. The van der Waals surface area contributed by atoms with Crippen LogP contribution in [-0.4, -0.2) is 84.9 Å². The monoisotopic (exact) mass is 322 g/mol. The van der Waals surface area contributed by atoms with Gasteiger partial charge in [-0.2, -0.15) is 0 Å². The second-order valence-corrected chi connectivity index (χ2v) is 4.91. The predicted octanol–water partition coefficient (Wildman–Crippen LogP) is -0.0192. The van der Waals surface area contributed by atoms with E-state index in [-0.39, 0.29) is 6.61 Å². The highest BCUT2D eigenvalue weighted by Gasteiger charge is 2.51. The molecule has 1 rings (SSSR count). The normalized spacial score (nSPS) is 33.5. The van der Waals surface area contributed by atoms with Crippen LogP contribution in [0.25, 0.3) is 0 Å². The van der Waals surface area contributed by atoms with Gasteiger partial charge in [-0.15, -0.1) is 0 Å². The van der Waals surface area contributed by atoms with E-state index in [0.29, 0.717) is 0 Å². The molecule has 1 heterocycles. The third kappa shape index (κ3) is 4.37. The molecule has 1 aliphatic rings. The zero-order valence-corrected chi connectivity index (χ0v) is 13.9. The molecular weight excluding hydrogens is 296 g/mol. The summed E-state index contributed by atoms with van der Waals surface area (Å²) >= 11 is 0. The Balaban J connectivity index is 3.10. The maximum atomic E-state index is 11.5. The minimum absolute atomic E-state index is 0.267. The number of hydrogen-bond donors (Lipinski definition) is 0. The van der Waals surface area contributed by atoms with Crippen LogP contribution in [-0.2, 0) is 38.0 Å². The zero-order chi connectivity index (χ0) is 16.7. The molecule has 8 heteroatoms. The molecule has 1 saturated heterocycles. The van der Waals surface area contributed by atoms with Crippen molar-refractivity contribution in [1.29, 1.82) is 0 Å². The molecule has 0 aromatic rings. The Kier molecular flexibility index (Phi) is 8.23. The molecule has 1 fully saturated rings. The van der Waals surface area contributed by atoms with E-state index < -0.39 is 42.8 Å². The fourth-order valence-electron chi connectivity index (χ4n) is 2.63. The molecule has 1 unspecified atom stereocenters. The maximum absolute atomic E-state index is 11.5. The Morgan fingerprint density at radius 2 is 1.64 bits per heavy atom. The summed E-state index contributed by atoms with van der Waals surface area (Å²) in [6.45, 7) is 1.59. The SMILES string of the molecule is COC[C@@H](OC)[C@H]1OC(OC)[C@H](OC)[C@@H](OC)[C@@H]1OC(C)=O. The summed E-state index contributed by atoms with van der Waals surface area (Å²) < 4.78 is 38.0. The van der Waals surface area contributed by atoms with Crippen molar-refractivity contribution in [3.63, 3.8) is 0 Å². The molecule has 8 nitrogen and oxygen atoms in total. The first kappa shape index (κ1) is 19.3. The Morgan fingerprint density at radius 1 is 1.00 bits per heavy atom. The molecule has 130 valence electrons. The summed E-state index contributed by atoms with van der Waals surface area (Å²) in [6.07, 6.45) is -3.57. The number of esters is 1. The van der Waals surface area contributed by atoms with Crippen LogP contribution in [0.3, 0.4) is 0 Å². The number of ether oxygens (including phenoxy) is 7. The largest absolute Gasteiger partial charge is 0.457 e. The van der Waals surface area contributed by atoms with Gasteiger partial charge in [0.05, 0.1) is 6.61 Å². The summed E-state index contributed by atoms with van der Waals surface area (Å²) in [6, 6.07) is 0. The highest BCUT2D eigenvalue weighted by atomic mass is 16.7. The number of hydrogen-bond acceptors (Lipinski definition) is 8. The van der Waals surface area contributed by atoms with E-state index in [2.05, 4.69) is 0 Å². The van der Waals surface area contributed by atoms with Crippen molar-refractivity contribution in [3.05, 3.63) is 0 Å². The van der Waals surface area contributed by atoms with Crippen LogP contribution in [0.1, 0.15) is 6.92 Å². The van der Waals surface area contributed by atoms with Gasteiger partial charge in [0.25, 0.3) is 0 Å². The summed E-state index contributed by atoms with van der Waals surface area (Å²) in [5, 5.41) is 0. The molecular formula is C14H26O8. The summed E-state index contributed by atoms with van der Waals surface area (Å²) in [5.74, 6) is -0.446. The van der Waals surface area contributed by atoms with E-state index in [1.165, 1.54) is 35.4 Å². The van der Waals surface area contributed by atoms with E-state index in [1.54, 1.807) is 7.11 Å². The van der Waals surface area contributed by atoms with Crippen LogP contribution in [0.2, 0.25) is 0 Å². The van der Waals surface area contributed by atoms with E-state index in [4.69, 9.17) is 33.2 Å². The molecule has 1 aliphatic heterocycles. The van der Waals surface area contributed by atoms with Gasteiger partial charge in [0, 0.05) is 42.5 Å². The third-order valence-electron chi connectivity index (χ3n) is 3.61. The lowest BCUT2D eigenvalue weighted by atomic mass is 9.94. The van der Waals surface area contributed by atoms with Crippen molar-refractivity contribution in [3.8, 4) is 0 Å². The lowest BCUT2D eigenvalue weighted by molar-refractivity contribution is -0.316. The van der Waals surface area contributed by atoms with Crippen molar-refractivity contribution in [2.45, 2.75) is 43.7 Å². The molecule has 0 spiro atoms. The van der Waals surface area contributed by atoms with Gasteiger partial charge in [0.2, 0.25) is 0 Å². The van der Waals surface area contributed by atoms with E-state index in [0.717, 1.165) is 0 Å². The van der Waals surface area contributed by atoms with Crippen molar-refractivity contribution >= 4 is 5.97 Å². The van der Waals surface area contributed by atoms with Crippen molar-refractivity contribution in [1.82, 2.24) is 0 Å². The van der Waals surface area contributed by atoms with Crippen LogP contribution in [0.4, 0.5) is 0 Å².